The fraction of sp³-hybridized carbons (Fsp3) is 0.909. The molecule has 0 unspecified atom stereocenters. The highest BCUT2D eigenvalue weighted by molar-refractivity contribution is 5.77. The quantitative estimate of drug-likeness (QED) is 0.432. The lowest BCUT2D eigenvalue weighted by molar-refractivity contribution is -0.527. The van der Waals surface area contributed by atoms with Crippen LogP contribution in [0.15, 0.2) is 0 Å². The summed E-state index contributed by atoms with van der Waals surface area (Å²) in [5.74, 6) is 0.292. The summed E-state index contributed by atoms with van der Waals surface area (Å²) in [6.45, 7) is 0.452. The van der Waals surface area contributed by atoms with Gasteiger partial charge in [-0.05, 0) is 6.42 Å². The second-order valence-corrected chi connectivity index (χ2v) is 3.81. The van der Waals surface area contributed by atoms with Gasteiger partial charge in [-0.1, -0.05) is 0 Å². The number of rotatable bonds is 9. The molecule has 1 heterocycles. The Kier molecular flexibility index (Phi) is 12.7. The van der Waals surface area contributed by atoms with Crippen LogP contribution in [0.4, 0.5) is 0 Å². The normalized spacial score (nSPS) is 14.7. The molecular formula is C11H24N2O7. The summed E-state index contributed by atoms with van der Waals surface area (Å²) in [4.78, 5) is 26.4. The average Bonchev–Trinajstić information content (AvgIpc) is 2.83. The molecule has 1 rings (SSSR count). The van der Waals surface area contributed by atoms with Crippen molar-refractivity contribution in [2.24, 2.45) is 0 Å². The fourth-order valence-electron chi connectivity index (χ4n) is 1.24. The molecule has 20 heavy (non-hydrogen) atoms. The smallest absolute Gasteiger partial charge is 0.222 e. The Balaban J connectivity index is 0.000000428. The van der Waals surface area contributed by atoms with Crippen LogP contribution in [-0.4, -0.2) is 84.8 Å². The lowest BCUT2D eigenvalue weighted by atomic mass is 10.4. The van der Waals surface area contributed by atoms with E-state index in [1.54, 1.807) is 4.90 Å². The minimum absolute atomic E-state index is 0.0108. The monoisotopic (exact) mass is 296 g/mol. The number of hydrogen-bond acceptors (Lipinski definition) is 8. The number of carbonyl (C=O) groups is 1. The van der Waals surface area contributed by atoms with E-state index in [0.29, 0.717) is 11.3 Å². The molecule has 1 fully saturated rings. The first-order chi connectivity index (χ1) is 9.65. The molecule has 0 bridgehead atoms. The van der Waals surface area contributed by atoms with Crippen LogP contribution in [0.1, 0.15) is 12.8 Å². The van der Waals surface area contributed by atoms with Crippen LogP contribution in [0, 0.1) is 0 Å². The van der Waals surface area contributed by atoms with E-state index in [1.807, 2.05) is 7.05 Å². The number of amides is 1. The Labute approximate surface area is 118 Å². The van der Waals surface area contributed by atoms with Gasteiger partial charge in [-0.15, -0.1) is 0 Å². The zero-order chi connectivity index (χ0) is 15.2. The molecule has 9 nitrogen and oxygen atoms in total. The molecule has 1 amide bonds. The van der Waals surface area contributed by atoms with Gasteiger partial charge in [-0.2, -0.15) is 0 Å². The molecule has 0 aromatic carbocycles. The summed E-state index contributed by atoms with van der Waals surface area (Å²) >= 11 is 0. The summed E-state index contributed by atoms with van der Waals surface area (Å²) in [6.07, 6.45) is 1.81. The molecule has 0 spiro atoms. The van der Waals surface area contributed by atoms with Crippen molar-refractivity contribution in [3.63, 3.8) is 0 Å². The SMILES string of the molecule is CN1CCCC1=O.OCCON(OCCO)OCCO. The van der Waals surface area contributed by atoms with E-state index in [9.17, 15) is 4.79 Å². The average molecular weight is 296 g/mol. The van der Waals surface area contributed by atoms with Crippen LogP contribution in [0.3, 0.4) is 0 Å². The third-order valence-electron chi connectivity index (χ3n) is 2.17. The van der Waals surface area contributed by atoms with Crippen molar-refractivity contribution in [2.45, 2.75) is 12.8 Å². The predicted octanol–water partition coefficient (Wildman–Crippen LogP) is -1.70. The predicted molar refractivity (Wildman–Crippen MR) is 67.8 cm³/mol. The van der Waals surface area contributed by atoms with Crippen molar-refractivity contribution in [3.05, 3.63) is 0 Å². The zero-order valence-electron chi connectivity index (χ0n) is 11.7. The van der Waals surface area contributed by atoms with E-state index in [2.05, 4.69) is 0 Å². The maximum absolute atomic E-state index is 10.5. The van der Waals surface area contributed by atoms with E-state index in [1.165, 1.54) is 0 Å². The summed E-state index contributed by atoms with van der Waals surface area (Å²) in [6, 6.07) is 0. The van der Waals surface area contributed by atoms with E-state index < -0.39 is 0 Å². The van der Waals surface area contributed by atoms with E-state index in [4.69, 9.17) is 29.8 Å². The second-order valence-electron chi connectivity index (χ2n) is 3.81. The van der Waals surface area contributed by atoms with E-state index in [-0.39, 0.29) is 39.6 Å². The van der Waals surface area contributed by atoms with Gasteiger partial charge >= 0.3 is 0 Å². The summed E-state index contributed by atoms with van der Waals surface area (Å²) in [5, 5.41) is 25.9. The van der Waals surface area contributed by atoms with Gasteiger partial charge in [-0.3, -0.25) is 4.79 Å². The third-order valence-corrected chi connectivity index (χ3v) is 2.17. The highest BCUT2D eigenvalue weighted by Gasteiger charge is 2.14. The van der Waals surface area contributed by atoms with Crippen LogP contribution < -0.4 is 0 Å². The molecule has 0 aromatic heterocycles. The third kappa shape index (κ3) is 10.0. The highest BCUT2D eigenvalue weighted by atomic mass is 17.2. The lowest BCUT2D eigenvalue weighted by Crippen LogP contribution is -2.28. The van der Waals surface area contributed by atoms with Gasteiger partial charge in [0.25, 0.3) is 0 Å². The molecule has 0 aromatic rings. The number of likely N-dealkylation sites (tertiary alicyclic amines) is 1. The van der Waals surface area contributed by atoms with Gasteiger partial charge in [-0.25, -0.2) is 14.5 Å². The molecule has 0 aliphatic carbocycles. The van der Waals surface area contributed by atoms with Gasteiger partial charge in [0.2, 0.25) is 5.91 Å². The Hall–Kier alpha value is -0.810. The van der Waals surface area contributed by atoms with Gasteiger partial charge in [0.05, 0.1) is 45.0 Å². The van der Waals surface area contributed by atoms with Crippen molar-refractivity contribution in [1.29, 1.82) is 0 Å². The molecule has 9 heteroatoms. The molecule has 1 saturated heterocycles. The van der Waals surface area contributed by atoms with Gasteiger partial charge < -0.3 is 20.2 Å². The highest BCUT2D eigenvalue weighted by Crippen LogP contribution is 2.04. The molecular weight excluding hydrogens is 272 g/mol. The van der Waals surface area contributed by atoms with Crippen molar-refractivity contribution in [3.8, 4) is 0 Å². The lowest BCUT2D eigenvalue weighted by Gasteiger charge is -2.17. The molecule has 0 saturated carbocycles. The van der Waals surface area contributed by atoms with Crippen molar-refractivity contribution >= 4 is 5.91 Å². The summed E-state index contributed by atoms with van der Waals surface area (Å²) < 4.78 is 0. The molecule has 1 aliphatic rings. The minimum Gasteiger partial charge on any atom is -0.394 e. The van der Waals surface area contributed by atoms with Crippen LogP contribution in [0.2, 0.25) is 0 Å². The van der Waals surface area contributed by atoms with Gasteiger partial charge in [0, 0.05) is 20.0 Å². The first-order valence-electron chi connectivity index (χ1n) is 6.41. The van der Waals surface area contributed by atoms with Gasteiger partial charge in [0.1, 0.15) is 0 Å². The Bertz CT molecular complexity index is 224. The Morgan fingerprint density at radius 1 is 1.05 bits per heavy atom. The molecule has 1 aliphatic heterocycles. The van der Waals surface area contributed by atoms with Gasteiger partial charge in [0.15, 0.2) is 0 Å². The summed E-state index contributed by atoms with van der Waals surface area (Å²) in [5.41, 5.74) is 0. The number of hydrogen-bond donors (Lipinski definition) is 3. The molecule has 0 atom stereocenters. The number of aliphatic hydroxyl groups excluding tert-OH is 3. The number of aliphatic hydroxyl groups is 3. The minimum atomic E-state index is -0.179. The maximum atomic E-state index is 10.5. The maximum Gasteiger partial charge on any atom is 0.222 e. The second kappa shape index (κ2) is 13.2. The standard InChI is InChI=1S/C6H15NO6.C5H9NO/c8-1-4-11-7(12-5-2-9)13-6-3-10;1-6-4-2-3-5(6)7/h8-10H,1-6H2;2-4H2,1H3. The fourth-order valence-corrected chi connectivity index (χ4v) is 1.24. The van der Waals surface area contributed by atoms with Crippen LogP contribution in [-0.2, 0) is 19.3 Å². The van der Waals surface area contributed by atoms with E-state index in [0.717, 1.165) is 19.4 Å². The molecule has 120 valence electrons. The van der Waals surface area contributed by atoms with Crippen LogP contribution in [0.5, 0.6) is 0 Å². The first kappa shape index (κ1) is 19.2. The number of nitrogens with zero attached hydrogens (tertiary/aromatic N) is 2. The molecule has 0 radical (unpaired) electrons. The topological polar surface area (TPSA) is 112 Å². The Morgan fingerprint density at radius 2 is 1.50 bits per heavy atom. The van der Waals surface area contributed by atoms with Crippen molar-refractivity contribution in [1.82, 2.24) is 10.3 Å². The van der Waals surface area contributed by atoms with Crippen molar-refractivity contribution in [2.75, 3.05) is 53.2 Å². The zero-order valence-corrected chi connectivity index (χ0v) is 11.7. The molecule has 3 N–H and O–H groups in total. The van der Waals surface area contributed by atoms with Crippen LogP contribution in [0.25, 0.3) is 0 Å². The first-order valence-corrected chi connectivity index (χ1v) is 6.41. The Morgan fingerprint density at radius 3 is 1.70 bits per heavy atom. The largest absolute Gasteiger partial charge is 0.394 e. The van der Waals surface area contributed by atoms with Crippen LogP contribution >= 0.6 is 0 Å². The summed E-state index contributed by atoms with van der Waals surface area (Å²) in [7, 11) is 1.84. The van der Waals surface area contributed by atoms with Crippen molar-refractivity contribution < 1.29 is 34.6 Å². The van der Waals surface area contributed by atoms with E-state index >= 15 is 0 Å². The number of carbonyl (C=O) groups excluding carboxylic acids is 1.